The molecule has 2 nitrogen and oxygen atoms in total. The van der Waals surface area contributed by atoms with Crippen LogP contribution in [0.3, 0.4) is 0 Å². The summed E-state index contributed by atoms with van der Waals surface area (Å²) >= 11 is 5.77. The summed E-state index contributed by atoms with van der Waals surface area (Å²) in [5, 5.41) is 3.33. The zero-order valence-electron chi connectivity index (χ0n) is 9.93. The molecule has 0 heterocycles. The zero-order chi connectivity index (χ0) is 13.6. The largest absolute Gasteiger partial charge is 0.492 e. The van der Waals surface area contributed by atoms with Crippen LogP contribution in [-0.2, 0) is 0 Å². The molecule has 1 atom stereocenters. The third-order valence-electron chi connectivity index (χ3n) is 2.43. The van der Waals surface area contributed by atoms with Gasteiger partial charge in [-0.05, 0) is 31.7 Å². The number of likely N-dealkylation sites (N-methyl/N-ethyl adjacent to an activating group) is 1. The van der Waals surface area contributed by atoms with Gasteiger partial charge < -0.3 is 10.1 Å². The Bertz CT molecular complexity index is 371. The second-order valence-electron chi connectivity index (χ2n) is 3.91. The number of hydrogen-bond acceptors (Lipinski definition) is 2. The van der Waals surface area contributed by atoms with E-state index in [1.54, 1.807) is 31.3 Å². The summed E-state index contributed by atoms with van der Waals surface area (Å²) in [6, 6.07) is 6.42. The number of ether oxygens (including phenoxy) is 1. The van der Waals surface area contributed by atoms with E-state index in [9.17, 15) is 13.2 Å². The molecule has 0 saturated carbocycles. The molecule has 0 spiro atoms. The molecular formula is C12H15ClF3NO. The summed E-state index contributed by atoms with van der Waals surface area (Å²) in [4.78, 5) is 0. The van der Waals surface area contributed by atoms with E-state index in [1.165, 1.54) is 0 Å². The topological polar surface area (TPSA) is 21.3 Å². The molecule has 0 aliphatic heterocycles. The van der Waals surface area contributed by atoms with E-state index in [-0.39, 0.29) is 19.1 Å². The van der Waals surface area contributed by atoms with E-state index in [0.29, 0.717) is 10.8 Å². The Hall–Kier alpha value is -0.940. The van der Waals surface area contributed by atoms with E-state index in [1.807, 2.05) is 0 Å². The van der Waals surface area contributed by atoms with Gasteiger partial charge in [0.15, 0.2) is 0 Å². The average Bonchev–Trinajstić information content (AvgIpc) is 2.28. The Labute approximate surface area is 109 Å². The molecule has 0 aromatic heterocycles. The SMILES string of the molecule is CNC(CCC(F)(F)F)COc1cccc(Cl)c1. The van der Waals surface area contributed by atoms with Gasteiger partial charge in [-0.2, -0.15) is 13.2 Å². The van der Waals surface area contributed by atoms with Crippen LogP contribution in [0.2, 0.25) is 5.02 Å². The smallest absolute Gasteiger partial charge is 0.389 e. The molecule has 1 aromatic rings. The fourth-order valence-electron chi connectivity index (χ4n) is 1.40. The fourth-order valence-corrected chi connectivity index (χ4v) is 1.58. The Morgan fingerprint density at radius 2 is 2.11 bits per heavy atom. The van der Waals surface area contributed by atoms with Crippen molar-refractivity contribution in [1.82, 2.24) is 5.32 Å². The Morgan fingerprint density at radius 1 is 1.39 bits per heavy atom. The highest BCUT2D eigenvalue weighted by atomic mass is 35.5. The fraction of sp³-hybridized carbons (Fsp3) is 0.500. The molecule has 0 radical (unpaired) electrons. The van der Waals surface area contributed by atoms with Crippen LogP contribution in [0.25, 0.3) is 0 Å². The maximum Gasteiger partial charge on any atom is 0.389 e. The average molecular weight is 282 g/mol. The molecule has 0 aliphatic rings. The molecule has 0 saturated heterocycles. The normalized spacial score (nSPS) is 13.4. The van der Waals surface area contributed by atoms with E-state index in [0.717, 1.165) is 0 Å². The summed E-state index contributed by atoms with van der Waals surface area (Å²) in [5.41, 5.74) is 0. The molecule has 1 aromatic carbocycles. The van der Waals surface area contributed by atoms with Crippen LogP contribution in [0.1, 0.15) is 12.8 Å². The van der Waals surface area contributed by atoms with Crippen LogP contribution in [0.4, 0.5) is 13.2 Å². The Morgan fingerprint density at radius 3 is 2.67 bits per heavy atom. The van der Waals surface area contributed by atoms with Gasteiger partial charge in [0, 0.05) is 17.5 Å². The molecule has 0 bridgehead atoms. The van der Waals surface area contributed by atoms with Gasteiger partial charge in [0.25, 0.3) is 0 Å². The predicted octanol–water partition coefficient (Wildman–Crippen LogP) is 3.65. The number of nitrogens with one attached hydrogen (secondary N) is 1. The van der Waals surface area contributed by atoms with Gasteiger partial charge in [-0.1, -0.05) is 17.7 Å². The van der Waals surface area contributed by atoms with Crippen molar-refractivity contribution in [3.8, 4) is 5.75 Å². The highest BCUT2D eigenvalue weighted by Gasteiger charge is 2.28. The molecule has 1 rings (SSSR count). The quantitative estimate of drug-likeness (QED) is 0.859. The monoisotopic (exact) mass is 281 g/mol. The molecule has 6 heteroatoms. The lowest BCUT2D eigenvalue weighted by atomic mass is 10.1. The first-order chi connectivity index (χ1) is 8.40. The molecule has 18 heavy (non-hydrogen) atoms. The molecule has 0 aliphatic carbocycles. The van der Waals surface area contributed by atoms with Gasteiger partial charge in [0.05, 0.1) is 0 Å². The van der Waals surface area contributed by atoms with Gasteiger partial charge in [0.1, 0.15) is 12.4 Å². The maximum absolute atomic E-state index is 12.1. The Balaban J connectivity index is 2.40. The summed E-state index contributed by atoms with van der Waals surface area (Å²) in [5.74, 6) is 0.551. The number of rotatable bonds is 6. The van der Waals surface area contributed by atoms with E-state index >= 15 is 0 Å². The number of benzene rings is 1. The number of halogens is 4. The highest BCUT2D eigenvalue weighted by molar-refractivity contribution is 6.30. The lowest BCUT2D eigenvalue weighted by molar-refractivity contribution is -0.136. The van der Waals surface area contributed by atoms with Crippen LogP contribution >= 0.6 is 11.6 Å². The van der Waals surface area contributed by atoms with Crippen LogP contribution in [0.5, 0.6) is 5.75 Å². The van der Waals surface area contributed by atoms with Crippen molar-refractivity contribution in [3.63, 3.8) is 0 Å². The first-order valence-electron chi connectivity index (χ1n) is 5.53. The van der Waals surface area contributed by atoms with Crippen molar-refractivity contribution in [2.24, 2.45) is 0 Å². The van der Waals surface area contributed by atoms with E-state index in [2.05, 4.69) is 5.32 Å². The van der Waals surface area contributed by atoms with E-state index in [4.69, 9.17) is 16.3 Å². The molecule has 1 unspecified atom stereocenters. The predicted molar refractivity (Wildman–Crippen MR) is 65.1 cm³/mol. The zero-order valence-corrected chi connectivity index (χ0v) is 10.7. The number of hydrogen-bond donors (Lipinski definition) is 1. The highest BCUT2D eigenvalue weighted by Crippen LogP contribution is 2.23. The number of alkyl halides is 3. The summed E-state index contributed by atoms with van der Waals surface area (Å²) in [7, 11) is 1.61. The van der Waals surface area contributed by atoms with Gasteiger partial charge >= 0.3 is 6.18 Å². The van der Waals surface area contributed by atoms with E-state index < -0.39 is 12.6 Å². The van der Waals surface area contributed by atoms with Crippen LogP contribution in [0, 0.1) is 0 Å². The third kappa shape index (κ3) is 6.12. The molecule has 102 valence electrons. The third-order valence-corrected chi connectivity index (χ3v) is 2.67. The van der Waals surface area contributed by atoms with Gasteiger partial charge in [-0.3, -0.25) is 0 Å². The summed E-state index contributed by atoms with van der Waals surface area (Å²) < 4.78 is 41.6. The molecule has 0 fully saturated rings. The van der Waals surface area contributed by atoms with Gasteiger partial charge in [-0.15, -0.1) is 0 Å². The Kier molecular flexibility index (Phi) is 5.75. The standard InChI is InChI=1S/C12H15ClF3NO/c1-17-10(5-6-12(14,15)16)8-18-11-4-2-3-9(13)7-11/h2-4,7,10,17H,5-6,8H2,1H3. The lowest BCUT2D eigenvalue weighted by Gasteiger charge is -2.18. The minimum absolute atomic E-state index is 0.0133. The second kappa shape index (κ2) is 6.85. The summed E-state index contributed by atoms with van der Waals surface area (Å²) in [6.07, 6.45) is -4.97. The minimum Gasteiger partial charge on any atom is -0.492 e. The van der Waals surface area contributed by atoms with Gasteiger partial charge in [0.2, 0.25) is 0 Å². The van der Waals surface area contributed by atoms with Crippen molar-refractivity contribution < 1.29 is 17.9 Å². The van der Waals surface area contributed by atoms with Crippen LogP contribution in [0.15, 0.2) is 24.3 Å². The molecule has 1 N–H and O–H groups in total. The van der Waals surface area contributed by atoms with Crippen molar-refractivity contribution >= 4 is 11.6 Å². The van der Waals surface area contributed by atoms with Crippen molar-refractivity contribution in [3.05, 3.63) is 29.3 Å². The van der Waals surface area contributed by atoms with Crippen molar-refractivity contribution in [2.45, 2.75) is 25.1 Å². The van der Waals surface area contributed by atoms with Crippen molar-refractivity contribution in [2.75, 3.05) is 13.7 Å². The maximum atomic E-state index is 12.1. The second-order valence-corrected chi connectivity index (χ2v) is 4.34. The minimum atomic E-state index is -4.13. The lowest BCUT2D eigenvalue weighted by Crippen LogP contribution is -2.33. The summed E-state index contributed by atoms with van der Waals surface area (Å²) in [6.45, 7) is 0.174. The van der Waals surface area contributed by atoms with Crippen LogP contribution in [-0.4, -0.2) is 25.9 Å². The van der Waals surface area contributed by atoms with Gasteiger partial charge in [-0.25, -0.2) is 0 Å². The molecule has 0 amide bonds. The molecular weight excluding hydrogens is 267 g/mol. The first-order valence-corrected chi connectivity index (χ1v) is 5.91. The van der Waals surface area contributed by atoms with Crippen molar-refractivity contribution in [1.29, 1.82) is 0 Å². The van der Waals surface area contributed by atoms with Crippen LogP contribution < -0.4 is 10.1 Å². The first kappa shape index (κ1) is 15.1.